The maximum absolute atomic E-state index is 10.4. The molecule has 1 aromatic heterocycles. The van der Waals surface area contributed by atoms with Crippen LogP contribution < -0.4 is 5.32 Å². The molecule has 5 nitrogen and oxygen atoms in total. The Balaban J connectivity index is 1.92. The van der Waals surface area contributed by atoms with Gasteiger partial charge in [-0.3, -0.25) is 4.68 Å². The van der Waals surface area contributed by atoms with Crippen LogP contribution in [0.4, 0.5) is 0 Å². The van der Waals surface area contributed by atoms with Gasteiger partial charge in [-0.2, -0.15) is 0 Å². The van der Waals surface area contributed by atoms with Gasteiger partial charge >= 0.3 is 0 Å². The lowest BCUT2D eigenvalue weighted by atomic mass is 9.96. The van der Waals surface area contributed by atoms with Gasteiger partial charge in [0, 0.05) is 20.1 Å². The fourth-order valence-corrected chi connectivity index (χ4v) is 1.80. The van der Waals surface area contributed by atoms with Crippen LogP contribution in [0.15, 0.2) is 36.5 Å². The van der Waals surface area contributed by atoms with Gasteiger partial charge in [-0.25, -0.2) is 0 Å². The minimum Gasteiger partial charge on any atom is -0.384 e. The van der Waals surface area contributed by atoms with Gasteiger partial charge in [-0.1, -0.05) is 35.5 Å². The molecule has 0 aliphatic heterocycles. The van der Waals surface area contributed by atoms with E-state index in [4.69, 9.17) is 0 Å². The summed E-state index contributed by atoms with van der Waals surface area (Å²) in [4.78, 5) is 0. The fraction of sp³-hybridized carbons (Fsp3) is 0.385. The monoisotopic (exact) mass is 246 g/mol. The Morgan fingerprint density at radius 1 is 1.33 bits per heavy atom. The van der Waals surface area contributed by atoms with Gasteiger partial charge in [0.1, 0.15) is 0 Å². The van der Waals surface area contributed by atoms with Crippen molar-refractivity contribution in [3.05, 3.63) is 47.8 Å². The summed E-state index contributed by atoms with van der Waals surface area (Å²) in [7, 11) is 1.85. The first-order valence-electron chi connectivity index (χ1n) is 5.92. The van der Waals surface area contributed by atoms with E-state index in [1.807, 2.05) is 37.4 Å². The Morgan fingerprint density at radius 3 is 2.67 bits per heavy atom. The van der Waals surface area contributed by atoms with Gasteiger partial charge < -0.3 is 10.4 Å². The summed E-state index contributed by atoms with van der Waals surface area (Å²) in [6.07, 6.45) is 1.71. The van der Waals surface area contributed by atoms with Crippen LogP contribution in [0.5, 0.6) is 0 Å². The largest absolute Gasteiger partial charge is 0.384 e. The lowest BCUT2D eigenvalue weighted by Gasteiger charge is -2.24. The van der Waals surface area contributed by atoms with Crippen molar-refractivity contribution in [1.29, 1.82) is 0 Å². The van der Waals surface area contributed by atoms with E-state index in [9.17, 15) is 5.11 Å². The molecule has 1 atom stereocenters. The topological polar surface area (TPSA) is 63.0 Å². The third-order valence-electron chi connectivity index (χ3n) is 2.98. The molecule has 0 amide bonds. The van der Waals surface area contributed by atoms with Crippen molar-refractivity contribution in [1.82, 2.24) is 20.3 Å². The molecule has 0 spiro atoms. The third-order valence-corrected chi connectivity index (χ3v) is 2.98. The zero-order valence-electron chi connectivity index (χ0n) is 10.7. The van der Waals surface area contributed by atoms with Crippen LogP contribution in [0, 0.1) is 0 Å². The maximum atomic E-state index is 10.4. The summed E-state index contributed by atoms with van der Waals surface area (Å²) in [5.74, 6) is 0. The normalized spacial score (nSPS) is 14.4. The number of nitrogens with zero attached hydrogens (tertiary/aromatic N) is 3. The second-order valence-corrected chi connectivity index (χ2v) is 4.59. The second kappa shape index (κ2) is 5.29. The lowest BCUT2D eigenvalue weighted by molar-refractivity contribution is 0.0565. The van der Waals surface area contributed by atoms with Gasteiger partial charge in [0.15, 0.2) is 0 Å². The number of nitrogens with one attached hydrogen (secondary N) is 1. The van der Waals surface area contributed by atoms with Crippen molar-refractivity contribution in [2.45, 2.75) is 19.1 Å². The van der Waals surface area contributed by atoms with Crippen LogP contribution in [-0.2, 0) is 19.2 Å². The van der Waals surface area contributed by atoms with Gasteiger partial charge in [0.25, 0.3) is 0 Å². The molecule has 18 heavy (non-hydrogen) atoms. The standard InChI is InChI=1S/C13H18N4O/c1-13(18,11-6-4-3-5-7-11)10-14-8-12-9-15-16-17(12)2/h3-7,9,14,18H,8,10H2,1-2H3. The molecule has 0 aliphatic carbocycles. The van der Waals surface area contributed by atoms with Gasteiger partial charge in [0.05, 0.1) is 17.5 Å². The van der Waals surface area contributed by atoms with Crippen LogP contribution in [0.2, 0.25) is 0 Å². The Hall–Kier alpha value is -1.72. The zero-order chi connectivity index (χ0) is 13.0. The maximum Gasteiger partial charge on any atom is 0.0992 e. The van der Waals surface area contributed by atoms with Crippen LogP contribution in [0.25, 0.3) is 0 Å². The molecule has 2 rings (SSSR count). The van der Waals surface area contributed by atoms with Gasteiger partial charge in [-0.15, -0.1) is 5.10 Å². The highest BCUT2D eigenvalue weighted by atomic mass is 16.3. The van der Waals surface area contributed by atoms with E-state index in [2.05, 4.69) is 15.6 Å². The van der Waals surface area contributed by atoms with E-state index in [0.717, 1.165) is 11.3 Å². The summed E-state index contributed by atoms with van der Waals surface area (Å²) in [5, 5.41) is 21.3. The number of rotatable bonds is 5. The predicted octanol–water partition coefficient (Wildman–Crippen LogP) is 0.812. The van der Waals surface area contributed by atoms with Crippen LogP contribution in [0.1, 0.15) is 18.2 Å². The van der Waals surface area contributed by atoms with E-state index in [-0.39, 0.29) is 0 Å². The number of aromatic nitrogens is 3. The predicted molar refractivity (Wildman–Crippen MR) is 68.7 cm³/mol. The van der Waals surface area contributed by atoms with E-state index in [1.165, 1.54) is 0 Å². The van der Waals surface area contributed by atoms with Crippen molar-refractivity contribution >= 4 is 0 Å². The number of aliphatic hydroxyl groups is 1. The summed E-state index contributed by atoms with van der Waals surface area (Å²) in [6.45, 7) is 2.91. The highest BCUT2D eigenvalue weighted by molar-refractivity contribution is 5.21. The quantitative estimate of drug-likeness (QED) is 0.819. The molecule has 0 saturated carbocycles. The number of hydrogen-bond donors (Lipinski definition) is 2. The highest BCUT2D eigenvalue weighted by Crippen LogP contribution is 2.18. The molecule has 5 heteroatoms. The molecule has 0 radical (unpaired) electrons. The fourth-order valence-electron chi connectivity index (χ4n) is 1.80. The molecule has 0 fully saturated rings. The smallest absolute Gasteiger partial charge is 0.0992 e. The van der Waals surface area contributed by atoms with E-state index in [1.54, 1.807) is 17.8 Å². The molecular formula is C13H18N4O. The first-order chi connectivity index (χ1) is 8.59. The molecule has 96 valence electrons. The van der Waals surface area contributed by atoms with E-state index >= 15 is 0 Å². The lowest BCUT2D eigenvalue weighted by Crippen LogP contribution is -2.35. The molecule has 1 unspecified atom stereocenters. The molecule has 2 N–H and O–H groups in total. The summed E-state index contributed by atoms with van der Waals surface area (Å²) >= 11 is 0. The van der Waals surface area contributed by atoms with E-state index in [0.29, 0.717) is 13.1 Å². The van der Waals surface area contributed by atoms with Crippen molar-refractivity contribution in [3.63, 3.8) is 0 Å². The van der Waals surface area contributed by atoms with Crippen molar-refractivity contribution in [2.75, 3.05) is 6.54 Å². The molecule has 0 saturated heterocycles. The summed E-state index contributed by atoms with van der Waals surface area (Å²) in [6, 6.07) is 9.64. The SMILES string of the molecule is Cn1nncc1CNCC(C)(O)c1ccccc1. The Kier molecular flexibility index (Phi) is 3.74. The molecular weight excluding hydrogens is 228 g/mol. The highest BCUT2D eigenvalue weighted by Gasteiger charge is 2.22. The summed E-state index contributed by atoms with van der Waals surface area (Å²) < 4.78 is 1.71. The average Bonchev–Trinajstić information content (AvgIpc) is 2.76. The van der Waals surface area contributed by atoms with Crippen LogP contribution in [-0.4, -0.2) is 26.6 Å². The van der Waals surface area contributed by atoms with Crippen molar-refractivity contribution in [2.24, 2.45) is 7.05 Å². The van der Waals surface area contributed by atoms with E-state index < -0.39 is 5.60 Å². The average molecular weight is 246 g/mol. The van der Waals surface area contributed by atoms with Crippen LogP contribution >= 0.6 is 0 Å². The Bertz CT molecular complexity index is 493. The molecule has 1 aromatic carbocycles. The van der Waals surface area contributed by atoms with Gasteiger partial charge in [0.2, 0.25) is 0 Å². The molecule has 1 heterocycles. The number of aryl methyl sites for hydroxylation is 1. The second-order valence-electron chi connectivity index (χ2n) is 4.59. The summed E-state index contributed by atoms with van der Waals surface area (Å²) in [5.41, 5.74) is 1.01. The number of benzene rings is 1. The molecule has 2 aromatic rings. The van der Waals surface area contributed by atoms with Crippen molar-refractivity contribution < 1.29 is 5.11 Å². The Labute approximate surface area is 106 Å². The van der Waals surface area contributed by atoms with Gasteiger partial charge in [-0.05, 0) is 12.5 Å². The minimum absolute atomic E-state index is 0.474. The first-order valence-corrected chi connectivity index (χ1v) is 5.92. The minimum atomic E-state index is -0.882. The number of hydrogen-bond acceptors (Lipinski definition) is 4. The van der Waals surface area contributed by atoms with Crippen LogP contribution in [0.3, 0.4) is 0 Å². The zero-order valence-corrected chi connectivity index (χ0v) is 10.7. The Morgan fingerprint density at radius 2 is 2.06 bits per heavy atom. The first kappa shape index (κ1) is 12.7. The molecule has 0 bridgehead atoms. The third kappa shape index (κ3) is 2.94. The van der Waals surface area contributed by atoms with Crippen molar-refractivity contribution in [3.8, 4) is 0 Å². The molecule has 0 aliphatic rings.